The van der Waals surface area contributed by atoms with Crippen molar-refractivity contribution in [1.29, 1.82) is 0 Å². The largest absolute Gasteiger partial charge is 0.366 e. The minimum atomic E-state index is -0.939. The van der Waals surface area contributed by atoms with Crippen LogP contribution in [-0.2, 0) is 4.74 Å². The number of rotatable bonds is 2. The minimum absolute atomic E-state index is 0.207. The van der Waals surface area contributed by atoms with E-state index >= 15 is 0 Å². The highest BCUT2D eigenvalue weighted by Crippen LogP contribution is 2.41. The molecule has 0 radical (unpaired) electrons. The highest BCUT2D eigenvalue weighted by atomic mass is 31.1. The van der Waals surface area contributed by atoms with Crippen molar-refractivity contribution < 1.29 is 9.84 Å². The summed E-state index contributed by atoms with van der Waals surface area (Å²) in [5, 5.41) is 9.35. The van der Waals surface area contributed by atoms with Crippen LogP contribution in [0.4, 0.5) is 0 Å². The van der Waals surface area contributed by atoms with Crippen molar-refractivity contribution in [2.45, 2.75) is 32.2 Å². The molecular formula is C8H17O2P. The molecule has 0 amide bonds. The van der Waals surface area contributed by atoms with Gasteiger partial charge in [-0.25, -0.2) is 0 Å². The lowest BCUT2D eigenvalue weighted by Crippen LogP contribution is -2.29. The van der Waals surface area contributed by atoms with E-state index in [9.17, 15) is 5.11 Å². The Bertz CT molecular complexity index is 131. The van der Waals surface area contributed by atoms with E-state index in [0.29, 0.717) is 6.10 Å². The normalized spacial score (nSPS) is 32.7. The van der Waals surface area contributed by atoms with E-state index in [1.807, 2.05) is 0 Å². The zero-order valence-electron chi connectivity index (χ0n) is 7.50. The Morgan fingerprint density at radius 2 is 2.18 bits per heavy atom. The van der Waals surface area contributed by atoms with Crippen molar-refractivity contribution in [1.82, 2.24) is 0 Å². The summed E-state index contributed by atoms with van der Waals surface area (Å²) in [5.74, 6) is -0.939. The van der Waals surface area contributed by atoms with Crippen molar-refractivity contribution >= 4 is 7.92 Å². The number of hydrogen-bond acceptors (Lipinski definition) is 2. The molecule has 1 saturated heterocycles. The third kappa shape index (κ3) is 3.50. The first kappa shape index (κ1) is 9.44. The monoisotopic (exact) mass is 176 g/mol. The van der Waals surface area contributed by atoms with Crippen LogP contribution < -0.4 is 0 Å². The maximum absolute atomic E-state index is 9.35. The summed E-state index contributed by atoms with van der Waals surface area (Å²) >= 11 is 0. The first-order valence-corrected chi connectivity index (χ1v) is 6.22. The first-order chi connectivity index (χ1) is 4.97. The highest BCUT2D eigenvalue weighted by molar-refractivity contribution is 7.57. The minimum Gasteiger partial charge on any atom is -0.366 e. The van der Waals surface area contributed by atoms with Gasteiger partial charge in [0.25, 0.3) is 0 Å². The van der Waals surface area contributed by atoms with Gasteiger partial charge in [0, 0.05) is 0 Å². The van der Waals surface area contributed by atoms with Crippen molar-refractivity contribution in [2.75, 3.05) is 19.0 Å². The highest BCUT2D eigenvalue weighted by Gasteiger charge is 2.26. The summed E-state index contributed by atoms with van der Waals surface area (Å²) in [4.78, 5) is 0. The van der Waals surface area contributed by atoms with Crippen LogP contribution in [0.1, 0.15) is 20.3 Å². The van der Waals surface area contributed by atoms with Crippen LogP contribution in [0, 0.1) is 0 Å². The number of ether oxygens (including phenoxy) is 1. The molecule has 1 N–H and O–H groups in total. The molecule has 0 bridgehead atoms. The Balaban J connectivity index is 2.29. The topological polar surface area (TPSA) is 29.5 Å². The van der Waals surface area contributed by atoms with Gasteiger partial charge < -0.3 is 9.84 Å². The van der Waals surface area contributed by atoms with E-state index in [4.69, 9.17) is 4.74 Å². The second kappa shape index (κ2) is 3.38. The van der Waals surface area contributed by atoms with Crippen LogP contribution >= 0.6 is 7.92 Å². The maximum Gasteiger partial charge on any atom is 0.160 e. The van der Waals surface area contributed by atoms with Crippen LogP contribution in [0.3, 0.4) is 0 Å². The molecule has 1 fully saturated rings. The van der Waals surface area contributed by atoms with Crippen molar-refractivity contribution in [2.24, 2.45) is 0 Å². The van der Waals surface area contributed by atoms with Gasteiger partial charge in [0.05, 0.1) is 6.10 Å². The van der Waals surface area contributed by atoms with Gasteiger partial charge in [-0.1, -0.05) is 0 Å². The Hall–Kier alpha value is 0.350. The molecule has 0 aliphatic carbocycles. The molecule has 0 saturated carbocycles. The van der Waals surface area contributed by atoms with Crippen LogP contribution in [-0.4, -0.2) is 36.0 Å². The smallest absolute Gasteiger partial charge is 0.160 e. The van der Waals surface area contributed by atoms with E-state index in [2.05, 4.69) is 6.66 Å². The van der Waals surface area contributed by atoms with Gasteiger partial charge in [0.1, 0.15) is 0 Å². The van der Waals surface area contributed by atoms with Crippen LogP contribution in [0.5, 0.6) is 0 Å². The molecule has 2 nitrogen and oxygen atoms in total. The molecule has 1 heterocycles. The maximum atomic E-state index is 9.35. The van der Waals surface area contributed by atoms with Gasteiger partial charge in [0.2, 0.25) is 0 Å². The second-order valence-electron chi connectivity index (χ2n) is 3.74. The van der Waals surface area contributed by atoms with Gasteiger partial charge in [0.15, 0.2) is 5.79 Å². The number of aliphatic hydroxyl groups is 1. The van der Waals surface area contributed by atoms with Gasteiger partial charge in [-0.05, 0) is 39.3 Å². The van der Waals surface area contributed by atoms with Gasteiger partial charge in [-0.15, -0.1) is 7.92 Å². The zero-order chi connectivity index (χ0) is 8.48. The lowest BCUT2D eigenvalue weighted by atomic mass is 10.3. The van der Waals surface area contributed by atoms with Gasteiger partial charge in [-0.3, -0.25) is 0 Å². The Kier molecular flexibility index (Phi) is 2.90. The average molecular weight is 176 g/mol. The molecule has 1 aliphatic heterocycles. The van der Waals surface area contributed by atoms with E-state index in [-0.39, 0.29) is 7.92 Å². The van der Waals surface area contributed by atoms with Crippen molar-refractivity contribution in [3.05, 3.63) is 0 Å². The Labute approximate surface area is 69.7 Å². The third-order valence-electron chi connectivity index (χ3n) is 1.80. The summed E-state index contributed by atoms with van der Waals surface area (Å²) in [7, 11) is 0.207. The fraction of sp³-hybridized carbons (Fsp3) is 1.00. The Morgan fingerprint density at radius 1 is 1.55 bits per heavy atom. The molecule has 66 valence electrons. The quantitative estimate of drug-likeness (QED) is 0.511. The average Bonchev–Trinajstić information content (AvgIpc) is 2.10. The molecule has 0 aromatic rings. The van der Waals surface area contributed by atoms with Gasteiger partial charge >= 0.3 is 0 Å². The van der Waals surface area contributed by atoms with E-state index in [0.717, 1.165) is 6.42 Å². The lowest BCUT2D eigenvalue weighted by Gasteiger charge is -2.23. The molecular weight excluding hydrogens is 159 g/mol. The summed E-state index contributed by atoms with van der Waals surface area (Å²) < 4.78 is 5.44. The van der Waals surface area contributed by atoms with Crippen LogP contribution in [0.15, 0.2) is 0 Å². The molecule has 1 rings (SSSR count). The molecule has 2 atom stereocenters. The molecule has 11 heavy (non-hydrogen) atoms. The van der Waals surface area contributed by atoms with Gasteiger partial charge in [-0.2, -0.15) is 0 Å². The standard InChI is InChI=1S/C8H17O2P/c1-8(2,9)10-7-4-5-11(3)6-7/h7,9H,4-6H2,1-3H3. The first-order valence-electron chi connectivity index (χ1n) is 4.06. The summed E-state index contributed by atoms with van der Waals surface area (Å²) in [5.41, 5.74) is 0. The molecule has 1 aliphatic rings. The van der Waals surface area contributed by atoms with Crippen molar-refractivity contribution in [3.8, 4) is 0 Å². The number of hydrogen-bond donors (Lipinski definition) is 1. The lowest BCUT2D eigenvalue weighted by molar-refractivity contribution is -0.199. The molecule has 3 heteroatoms. The SMILES string of the molecule is CP1CCC(OC(C)(C)O)C1. The zero-order valence-corrected chi connectivity index (χ0v) is 8.40. The predicted octanol–water partition coefficient (Wildman–Crippen LogP) is 1.62. The van der Waals surface area contributed by atoms with Crippen molar-refractivity contribution in [3.63, 3.8) is 0 Å². The fourth-order valence-electron chi connectivity index (χ4n) is 1.40. The predicted molar refractivity (Wildman–Crippen MR) is 48.4 cm³/mol. The molecule has 0 aromatic carbocycles. The molecule has 2 unspecified atom stereocenters. The molecule has 0 spiro atoms. The van der Waals surface area contributed by atoms with E-state index in [1.54, 1.807) is 13.8 Å². The summed E-state index contributed by atoms with van der Waals surface area (Å²) in [6, 6.07) is 0. The van der Waals surface area contributed by atoms with Crippen LogP contribution in [0.25, 0.3) is 0 Å². The van der Waals surface area contributed by atoms with E-state index < -0.39 is 5.79 Å². The van der Waals surface area contributed by atoms with E-state index in [1.165, 1.54) is 12.3 Å². The van der Waals surface area contributed by atoms with Crippen LogP contribution in [0.2, 0.25) is 0 Å². The summed E-state index contributed by atoms with van der Waals surface area (Å²) in [6.45, 7) is 5.69. The second-order valence-corrected chi connectivity index (χ2v) is 6.26. The third-order valence-corrected chi connectivity index (χ3v) is 3.86. The summed E-state index contributed by atoms with van der Waals surface area (Å²) in [6.07, 6.45) is 3.91. The fourth-order valence-corrected chi connectivity index (χ4v) is 3.26. The Morgan fingerprint density at radius 3 is 2.55 bits per heavy atom. The molecule has 0 aromatic heterocycles.